The lowest BCUT2D eigenvalue weighted by molar-refractivity contribution is 0.137. The summed E-state index contributed by atoms with van der Waals surface area (Å²) < 4.78 is 0. The summed E-state index contributed by atoms with van der Waals surface area (Å²) in [6, 6.07) is 4.69. The molecule has 0 heterocycles. The van der Waals surface area contributed by atoms with Crippen molar-refractivity contribution >= 4 is 23.2 Å². The molecule has 1 aromatic rings. The van der Waals surface area contributed by atoms with Crippen molar-refractivity contribution in [2.24, 2.45) is 5.73 Å². The molecular formula is C12H18Cl2N2O. The van der Waals surface area contributed by atoms with Gasteiger partial charge in [0, 0.05) is 21.7 Å². The molecule has 2 atom stereocenters. The highest BCUT2D eigenvalue weighted by atomic mass is 35.5. The van der Waals surface area contributed by atoms with E-state index in [1.54, 1.807) is 18.2 Å². The summed E-state index contributed by atoms with van der Waals surface area (Å²) in [6.45, 7) is 0.823. The van der Waals surface area contributed by atoms with Gasteiger partial charge in [-0.3, -0.25) is 0 Å². The minimum atomic E-state index is -0.764. The molecule has 0 spiro atoms. The molecule has 0 bridgehead atoms. The molecule has 0 aliphatic rings. The van der Waals surface area contributed by atoms with Crippen molar-refractivity contribution in [3.05, 3.63) is 33.8 Å². The number of halogens is 2. The Labute approximate surface area is 112 Å². The lowest BCUT2D eigenvalue weighted by Crippen LogP contribution is -2.32. The Morgan fingerprint density at radius 3 is 2.53 bits per heavy atom. The van der Waals surface area contributed by atoms with Gasteiger partial charge in [0.2, 0.25) is 0 Å². The quantitative estimate of drug-likeness (QED) is 0.868. The first-order chi connectivity index (χ1) is 7.91. The molecule has 3 nitrogen and oxygen atoms in total. The van der Waals surface area contributed by atoms with E-state index in [9.17, 15) is 5.11 Å². The van der Waals surface area contributed by atoms with E-state index < -0.39 is 6.10 Å². The van der Waals surface area contributed by atoms with Crippen LogP contribution < -0.4 is 5.73 Å². The number of aliphatic hydroxyl groups excluding tert-OH is 1. The van der Waals surface area contributed by atoms with Gasteiger partial charge in [0.1, 0.15) is 0 Å². The van der Waals surface area contributed by atoms with Gasteiger partial charge in [-0.05, 0) is 39.2 Å². The fourth-order valence-corrected chi connectivity index (χ4v) is 2.06. The number of hydrogen-bond acceptors (Lipinski definition) is 3. The number of aliphatic hydroxyl groups is 1. The average Bonchev–Trinajstić information content (AvgIpc) is 2.25. The third-order valence-corrected chi connectivity index (χ3v) is 3.16. The summed E-state index contributed by atoms with van der Waals surface area (Å²) in [5.41, 5.74) is 6.56. The minimum Gasteiger partial charge on any atom is -0.387 e. The number of nitrogens with two attached hydrogens (primary N) is 1. The third kappa shape index (κ3) is 4.45. The van der Waals surface area contributed by atoms with Crippen molar-refractivity contribution in [3.63, 3.8) is 0 Å². The highest BCUT2D eigenvalue weighted by molar-refractivity contribution is 6.35. The van der Waals surface area contributed by atoms with Gasteiger partial charge >= 0.3 is 0 Å². The van der Waals surface area contributed by atoms with Gasteiger partial charge in [0.05, 0.1) is 6.10 Å². The van der Waals surface area contributed by atoms with Crippen LogP contribution in [0.4, 0.5) is 0 Å². The molecule has 0 radical (unpaired) electrons. The standard InChI is InChI=1S/C12H18Cl2N2O/c1-16(2)6-5-11(15)12(17)9-4-3-8(13)7-10(9)14/h3-4,7,11-12,17H,5-6,15H2,1-2H3. The van der Waals surface area contributed by atoms with Crippen molar-refractivity contribution in [3.8, 4) is 0 Å². The molecule has 0 saturated carbocycles. The van der Waals surface area contributed by atoms with Crippen molar-refractivity contribution in [2.45, 2.75) is 18.6 Å². The predicted molar refractivity (Wildman–Crippen MR) is 72.6 cm³/mol. The Morgan fingerprint density at radius 2 is 2.00 bits per heavy atom. The zero-order chi connectivity index (χ0) is 13.0. The zero-order valence-electron chi connectivity index (χ0n) is 10.0. The molecule has 0 saturated heterocycles. The van der Waals surface area contributed by atoms with Crippen molar-refractivity contribution in [1.82, 2.24) is 4.90 Å². The van der Waals surface area contributed by atoms with Crippen LogP contribution in [0.5, 0.6) is 0 Å². The minimum absolute atomic E-state index is 0.337. The predicted octanol–water partition coefficient (Wildman–Crippen LogP) is 2.31. The summed E-state index contributed by atoms with van der Waals surface area (Å²) in [7, 11) is 3.93. The maximum absolute atomic E-state index is 10.1. The van der Waals surface area contributed by atoms with E-state index in [0.717, 1.165) is 6.54 Å². The maximum Gasteiger partial charge on any atom is 0.0955 e. The first kappa shape index (κ1) is 14.7. The Hall–Kier alpha value is -0.320. The fraction of sp³-hybridized carbons (Fsp3) is 0.500. The largest absolute Gasteiger partial charge is 0.387 e. The van der Waals surface area contributed by atoms with Crippen LogP contribution in [0.3, 0.4) is 0 Å². The average molecular weight is 277 g/mol. The number of hydrogen-bond donors (Lipinski definition) is 2. The Balaban J connectivity index is 2.71. The van der Waals surface area contributed by atoms with Crippen LogP contribution >= 0.6 is 23.2 Å². The summed E-state index contributed by atoms with van der Waals surface area (Å²) in [5.74, 6) is 0. The molecule has 96 valence electrons. The highest BCUT2D eigenvalue weighted by Gasteiger charge is 2.19. The van der Waals surface area contributed by atoms with Crippen LogP contribution in [0.15, 0.2) is 18.2 Å². The third-order valence-electron chi connectivity index (χ3n) is 2.60. The lowest BCUT2D eigenvalue weighted by atomic mass is 10.0. The van der Waals surface area contributed by atoms with Gasteiger partial charge in [0.25, 0.3) is 0 Å². The molecule has 2 unspecified atom stereocenters. The van der Waals surface area contributed by atoms with E-state index in [2.05, 4.69) is 0 Å². The van der Waals surface area contributed by atoms with Crippen LogP contribution in [-0.2, 0) is 0 Å². The van der Waals surface area contributed by atoms with Crippen molar-refractivity contribution in [2.75, 3.05) is 20.6 Å². The second-order valence-corrected chi connectivity index (χ2v) is 5.21. The SMILES string of the molecule is CN(C)CCC(N)C(O)c1ccc(Cl)cc1Cl. The summed E-state index contributed by atoms with van der Waals surface area (Å²) in [4.78, 5) is 2.02. The first-order valence-electron chi connectivity index (χ1n) is 5.45. The maximum atomic E-state index is 10.1. The Morgan fingerprint density at radius 1 is 1.35 bits per heavy atom. The fourth-order valence-electron chi connectivity index (χ4n) is 1.54. The normalized spacial score (nSPS) is 15.0. The Kier molecular flexibility index (Phi) is 5.70. The second-order valence-electron chi connectivity index (χ2n) is 4.37. The van der Waals surface area contributed by atoms with Crippen LogP contribution in [0.1, 0.15) is 18.1 Å². The molecule has 1 aromatic carbocycles. The molecule has 0 aliphatic heterocycles. The summed E-state index contributed by atoms with van der Waals surface area (Å²) >= 11 is 11.8. The van der Waals surface area contributed by atoms with E-state index >= 15 is 0 Å². The van der Waals surface area contributed by atoms with Gasteiger partial charge in [-0.15, -0.1) is 0 Å². The topological polar surface area (TPSA) is 49.5 Å². The molecule has 0 amide bonds. The lowest BCUT2D eigenvalue weighted by Gasteiger charge is -2.21. The Bertz CT molecular complexity index is 372. The summed E-state index contributed by atoms with van der Waals surface area (Å²) in [5, 5.41) is 11.1. The van der Waals surface area contributed by atoms with E-state index in [0.29, 0.717) is 22.0 Å². The van der Waals surface area contributed by atoms with Gasteiger partial charge in [-0.1, -0.05) is 29.3 Å². The van der Waals surface area contributed by atoms with Crippen molar-refractivity contribution in [1.29, 1.82) is 0 Å². The molecule has 0 aliphatic carbocycles. The molecule has 5 heteroatoms. The molecule has 3 N–H and O–H groups in total. The number of benzene rings is 1. The van der Waals surface area contributed by atoms with Crippen LogP contribution in [0, 0.1) is 0 Å². The van der Waals surface area contributed by atoms with Crippen molar-refractivity contribution < 1.29 is 5.11 Å². The van der Waals surface area contributed by atoms with Gasteiger partial charge in [-0.2, -0.15) is 0 Å². The smallest absolute Gasteiger partial charge is 0.0955 e. The zero-order valence-corrected chi connectivity index (χ0v) is 11.5. The van der Waals surface area contributed by atoms with Crippen LogP contribution in [0.25, 0.3) is 0 Å². The first-order valence-corrected chi connectivity index (χ1v) is 6.20. The van der Waals surface area contributed by atoms with E-state index in [1.807, 2.05) is 19.0 Å². The van der Waals surface area contributed by atoms with Gasteiger partial charge in [-0.25, -0.2) is 0 Å². The van der Waals surface area contributed by atoms with E-state index in [-0.39, 0.29) is 6.04 Å². The van der Waals surface area contributed by atoms with Crippen LogP contribution in [0.2, 0.25) is 10.0 Å². The number of nitrogens with zero attached hydrogens (tertiary/aromatic N) is 1. The molecule has 1 rings (SSSR count). The van der Waals surface area contributed by atoms with Crippen LogP contribution in [-0.4, -0.2) is 36.7 Å². The second kappa shape index (κ2) is 6.57. The van der Waals surface area contributed by atoms with Gasteiger partial charge < -0.3 is 15.7 Å². The molecule has 0 aromatic heterocycles. The summed E-state index contributed by atoms with van der Waals surface area (Å²) in [6.07, 6.45) is -0.0626. The highest BCUT2D eigenvalue weighted by Crippen LogP contribution is 2.28. The van der Waals surface area contributed by atoms with E-state index in [4.69, 9.17) is 28.9 Å². The molecule has 17 heavy (non-hydrogen) atoms. The number of rotatable bonds is 5. The molecular weight excluding hydrogens is 259 g/mol. The van der Waals surface area contributed by atoms with E-state index in [1.165, 1.54) is 0 Å². The molecule has 0 fully saturated rings. The monoisotopic (exact) mass is 276 g/mol. The van der Waals surface area contributed by atoms with Gasteiger partial charge in [0.15, 0.2) is 0 Å².